The van der Waals surface area contributed by atoms with Gasteiger partial charge in [0.2, 0.25) is 5.88 Å². The smallest absolute Gasteiger partial charge is 0.262 e. The molecule has 0 aliphatic heterocycles. The molecule has 4 rings (SSSR count). The van der Waals surface area contributed by atoms with Crippen molar-refractivity contribution in [2.45, 2.75) is 13.8 Å². The molecule has 31 heavy (non-hydrogen) atoms. The molecule has 0 aliphatic rings. The number of hydrogen-bond donors (Lipinski definition) is 1. The Labute approximate surface area is 180 Å². The number of pyridine rings is 2. The van der Waals surface area contributed by atoms with Gasteiger partial charge in [0.1, 0.15) is 5.69 Å². The summed E-state index contributed by atoms with van der Waals surface area (Å²) >= 11 is 0. The number of amides is 1. The topological polar surface area (TPSA) is 81.9 Å². The second kappa shape index (κ2) is 8.67. The van der Waals surface area contributed by atoms with Gasteiger partial charge in [-0.05, 0) is 61.7 Å². The number of fused-ring (bicyclic) bond motifs is 1. The van der Waals surface area contributed by atoms with Gasteiger partial charge in [0, 0.05) is 30.2 Å². The van der Waals surface area contributed by atoms with Gasteiger partial charge in [0.15, 0.2) is 12.3 Å². The number of carbonyl (C=O) groups excluding carboxylic acids is 1. The first-order valence-corrected chi connectivity index (χ1v) is 9.76. The van der Waals surface area contributed by atoms with Crippen molar-refractivity contribution in [1.29, 1.82) is 0 Å². The van der Waals surface area contributed by atoms with E-state index in [0.29, 0.717) is 17.3 Å². The van der Waals surface area contributed by atoms with E-state index in [4.69, 9.17) is 4.74 Å². The number of anilines is 1. The van der Waals surface area contributed by atoms with Crippen molar-refractivity contribution < 1.29 is 9.53 Å². The van der Waals surface area contributed by atoms with Crippen LogP contribution < -0.4 is 10.1 Å². The van der Waals surface area contributed by atoms with Gasteiger partial charge in [0.25, 0.3) is 5.91 Å². The van der Waals surface area contributed by atoms with Crippen molar-refractivity contribution in [2.24, 2.45) is 7.05 Å². The van der Waals surface area contributed by atoms with Crippen LogP contribution >= 0.6 is 0 Å². The van der Waals surface area contributed by atoms with Crippen LogP contribution in [0, 0.1) is 25.7 Å². The van der Waals surface area contributed by atoms with Crippen LogP contribution in [0.15, 0.2) is 54.7 Å². The van der Waals surface area contributed by atoms with Crippen LogP contribution in [0.5, 0.6) is 5.88 Å². The van der Waals surface area contributed by atoms with E-state index in [2.05, 4.69) is 32.2 Å². The van der Waals surface area contributed by atoms with Gasteiger partial charge in [-0.15, -0.1) is 5.10 Å². The third-order valence-corrected chi connectivity index (χ3v) is 4.57. The average molecular weight is 411 g/mol. The summed E-state index contributed by atoms with van der Waals surface area (Å²) in [7, 11) is 1.80. The highest BCUT2D eigenvalue weighted by atomic mass is 16.5. The van der Waals surface area contributed by atoms with Crippen molar-refractivity contribution in [2.75, 3.05) is 11.9 Å². The predicted octanol–water partition coefficient (Wildman–Crippen LogP) is 3.40. The van der Waals surface area contributed by atoms with Crippen LogP contribution in [0.3, 0.4) is 0 Å². The highest BCUT2D eigenvalue weighted by Crippen LogP contribution is 2.27. The fourth-order valence-electron chi connectivity index (χ4n) is 3.23. The van der Waals surface area contributed by atoms with E-state index >= 15 is 0 Å². The van der Waals surface area contributed by atoms with Crippen LogP contribution in [0.1, 0.15) is 22.5 Å². The Morgan fingerprint density at radius 2 is 2.00 bits per heavy atom. The fraction of sp³-hybridized carbons (Fsp3) is 0.167. The minimum Gasteiger partial charge on any atom is -0.466 e. The molecule has 3 aromatic heterocycles. The molecule has 0 atom stereocenters. The number of nitrogens with one attached hydrogen (secondary N) is 1. The molecular weight excluding hydrogens is 390 g/mol. The Morgan fingerprint density at radius 1 is 1.13 bits per heavy atom. The minimum absolute atomic E-state index is 0.163. The molecule has 0 saturated carbocycles. The summed E-state index contributed by atoms with van der Waals surface area (Å²) in [5.41, 5.74) is 4.74. The standard InChI is InChI=1S/C24H21N5O2/c1-16-13-17(2)26-23-22(16)24(28-29(23)3)31-15-21(30)27-20-9-6-7-18(14-20)10-11-19-8-4-5-12-25-19/h4-9,12-14H,15H2,1-3H3,(H,27,30). The van der Waals surface area contributed by atoms with Crippen LogP contribution in [-0.2, 0) is 11.8 Å². The van der Waals surface area contributed by atoms with Gasteiger partial charge in [-0.1, -0.05) is 18.1 Å². The van der Waals surface area contributed by atoms with Gasteiger partial charge < -0.3 is 10.1 Å². The van der Waals surface area contributed by atoms with Gasteiger partial charge >= 0.3 is 0 Å². The van der Waals surface area contributed by atoms with E-state index < -0.39 is 0 Å². The summed E-state index contributed by atoms with van der Waals surface area (Å²) in [6.07, 6.45) is 1.70. The summed E-state index contributed by atoms with van der Waals surface area (Å²) in [6, 6.07) is 14.9. The second-order valence-electron chi connectivity index (χ2n) is 7.09. The molecule has 154 valence electrons. The molecule has 0 spiro atoms. The van der Waals surface area contributed by atoms with E-state index in [9.17, 15) is 4.79 Å². The first-order valence-electron chi connectivity index (χ1n) is 9.76. The number of nitrogens with zero attached hydrogens (tertiary/aromatic N) is 4. The van der Waals surface area contributed by atoms with E-state index in [1.54, 1.807) is 30.1 Å². The number of aromatic nitrogens is 4. The SMILES string of the molecule is Cc1cc(C)c2c(OCC(=O)Nc3cccc(C#Cc4ccccn4)c3)nn(C)c2n1. The summed E-state index contributed by atoms with van der Waals surface area (Å²) in [5.74, 6) is 6.16. The molecule has 7 heteroatoms. The maximum atomic E-state index is 12.4. The van der Waals surface area contributed by atoms with Crippen LogP contribution in [0.2, 0.25) is 0 Å². The Bertz CT molecular complexity index is 1320. The molecule has 0 saturated heterocycles. The lowest BCUT2D eigenvalue weighted by atomic mass is 10.2. The molecule has 0 fully saturated rings. The molecule has 1 N–H and O–H groups in total. The maximum Gasteiger partial charge on any atom is 0.262 e. The highest BCUT2D eigenvalue weighted by Gasteiger charge is 2.15. The summed E-state index contributed by atoms with van der Waals surface area (Å²) in [6.45, 7) is 3.74. The van der Waals surface area contributed by atoms with Gasteiger partial charge in [0.05, 0.1) is 5.39 Å². The third-order valence-electron chi connectivity index (χ3n) is 4.57. The zero-order valence-corrected chi connectivity index (χ0v) is 17.5. The van der Waals surface area contributed by atoms with Crippen molar-refractivity contribution in [3.05, 3.63) is 77.2 Å². The number of aryl methyl sites for hydroxylation is 3. The molecule has 0 bridgehead atoms. The molecule has 3 heterocycles. The lowest BCUT2D eigenvalue weighted by Gasteiger charge is -2.07. The fourth-order valence-corrected chi connectivity index (χ4v) is 3.23. The van der Waals surface area contributed by atoms with Crippen LogP contribution in [0.4, 0.5) is 5.69 Å². The van der Waals surface area contributed by atoms with Crippen LogP contribution in [-0.4, -0.2) is 32.3 Å². The Hall–Kier alpha value is -4.18. The Kier molecular flexibility index (Phi) is 5.63. The molecule has 4 aromatic rings. The maximum absolute atomic E-state index is 12.4. The average Bonchev–Trinajstić information content (AvgIpc) is 3.07. The molecule has 0 unspecified atom stereocenters. The van der Waals surface area contributed by atoms with E-state index in [1.165, 1.54) is 0 Å². The monoisotopic (exact) mass is 411 g/mol. The van der Waals surface area contributed by atoms with E-state index in [0.717, 1.165) is 27.9 Å². The Balaban J connectivity index is 1.43. The molecule has 0 aliphatic carbocycles. The second-order valence-corrected chi connectivity index (χ2v) is 7.09. The quantitative estimate of drug-likeness (QED) is 0.521. The van der Waals surface area contributed by atoms with Crippen molar-refractivity contribution in [1.82, 2.24) is 19.7 Å². The number of carbonyl (C=O) groups is 1. The first-order chi connectivity index (χ1) is 15.0. The number of benzene rings is 1. The van der Waals surface area contributed by atoms with Crippen molar-refractivity contribution in [3.63, 3.8) is 0 Å². The molecule has 7 nitrogen and oxygen atoms in total. The Morgan fingerprint density at radius 3 is 2.81 bits per heavy atom. The number of hydrogen-bond acceptors (Lipinski definition) is 5. The first kappa shape index (κ1) is 20.1. The van der Waals surface area contributed by atoms with Crippen molar-refractivity contribution in [3.8, 4) is 17.7 Å². The summed E-state index contributed by atoms with van der Waals surface area (Å²) in [4.78, 5) is 21.1. The molecule has 0 radical (unpaired) electrons. The molecule has 1 aromatic carbocycles. The zero-order valence-electron chi connectivity index (χ0n) is 17.5. The molecule has 1 amide bonds. The number of rotatable bonds is 4. The largest absolute Gasteiger partial charge is 0.466 e. The van der Waals surface area contributed by atoms with E-state index in [1.807, 2.05) is 50.2 Å². The number of ether oxygens (including phenoxy) is 1. The van der Waals surface area contributed by atoms with E-state index in [-0.39, 0.29) is 12.5 Å². The summed E-state index contributed by atoms with van der Waals surface area (Å²) in [5, 5.41) is 8.01. The molecular formula is C24H21N5O2. The normalized spacial score (nSPS) is 10.4. The minimum atomic E-state index is -0.286. The summed E-state index contributed by atoms with van der Waals surface area (Å²) < 4.78 is 7.37. The van der Waals surface area contributed by atoms with Gasteiger partial charge in [-0.2, -0.15) is 0 Å². The van der Waals surface area contributed by atoms with Gasteiger partial charge in [-0.25, -0.2) is 14.6 Å². The zero-order chi connectivity index (χ0) is 21.8. The van der Waals surface area contributed by atoms with Crippen molar-refractivity contribution >= 4 is 22.6 Å². The third kappa shape index (κ3) is 4.70. The predicted molar refractivity (Wildman–Crippen MR) is 119 cm³/mol. The lowest BCUT2D eigenvalue weighted by molar-refractivity contribution is -0.118. The highest BCUT2D eigenvalue weighted by molar-refractivity contribution is 5.92. The lowest BCUT2D eigenvalue weighted by Crippen LogP contribution is -2.20. The van der Waals surface area contributed by atoms with Gasteiger partial charge in [-0.3, -0.25) is 4.79 Å². The van der Waals surface area contributed by atoms with Crippen LogP contribution in [0.25, 0.3) is 11.0 Å².